The molecule has 0 radical (unpaired) electrons. The van der Waals surface area contributed by atoms with E-state index in [9.17, 15) is 0 Å². The van der Waals surface area contributed by atoms with E-state index in [4.69, 9.17) is 5.41 Å². The van der Waals surface area contributed by atoms with E-state index in [0.29, 0.717) is 5.92 Å². The predicted molar refractivity (Wildman–Crippen MR) is 120 cm³/mol. The Labute approximate surface area is 167 Å². The molecule has 0 heterocycles. The van der Waals surface area contributed by atoms with Gasteiger partial charge in [0.2, 0.25) is 0 Å². The number of hydrogen-bond donors (Lipinski definition) is 1. The molecule has 2 aliphatic rings. The lowest BCUT2D eigenvalue weighted by atomic mass is 9.76. The van der Waals surface area contributed by atoms with Gasteiger partial charge in [-0.3, -0.25) is 0 Å². The zero-order chi connectivity index (χ0) is 19.1. The van der Waals surface area contributed by atoms with Crippen LogP contribution in [0.1, 0.15) is 78.7 Å². The SMILES string of the molecule is CC1=Cc2ccccc2C1c1cc2ccccc2c(C2CCCCC2)c1C=N. The molecule has 28 heavy (non-hydrogen) atoms. The Morgan fingerprint density at radius 3 is 2.46 bits per heavy atom. The third-order valence-corrected chi connectivity index (χ3v) is 6.78. The highest BCUT2D eigenvalue weighted by Gasteiger charge is 2.29. The van der Waals surface area contributed by atoms with Gasteiger partial charge in [0.15, 0.2) is 0 Å². The molecule has 3 aromatic carbocycles. The molecular weight excluding hydrogens is 338 g/mol. The summed E-state index contributed by atoms with van der Waals surface area (Å²) in [5.74, 6) is 0.843. The fourth-order valence-corrected chi connectivity index (χ4v) is 5.54. The largest absolute Gasteiger partial charge is 0.308 e. The maximum atomic E-state index is 8.39. The van der Waals surface area contributed by atoms with Gasteiger partial charge in [-0.15, -0.1) is 0 Å². The van der Waals surface area contributed by atoms with E-state index in [0.717, 1.165) is 0 Å². The molecule has 1 fully saturated rings. The minimum atomic E-state index is 0.264. The Hall–Kier alpha value is -2.67. The topological polar surface area (TPSA) is 23.9 Å². The molecule has 0 aliphatic heterocycles. The lowest BCUT2D eigenvalue weighted by Crippen LogP contribution is -2.12. The minimum absolute atomic E-state index is 0.264. The quantitative estimate of drug-likeness (QED) is 0.467. The van der Waals surface area contributed by atoms with Crippen LogP contribution in [0.4, 0.5) is 0 Å². The van der Waals surface area contributed by atoms with Crippen LogP contribution in [0.2, 0.25) is 0 Å². The van der Waals surface area contributed by atoms with Gasteiger partial charge in [0.25, 0.3) is 0 Å². The first-order chi connectivity index (χ1) is 13.8. The summed E-state index contributed by atoms with van der Waals surface area (Å²) in [6.45, 7) is 2.24. The van der Waals surface area contributed by atoms with Crippen LogP contribution in [0.15, 0.2) is 60.2 Å². The summed E-state index contributed by atoms with van der Waals surface area (Å²) in [5.41, 5.74) is 8.00. The van der Waals surface area contributed by atoms with Crippen LogP contribution in [0.5, 0.6) is 0 Å². The number of benzene rings is 3. The molecule has 0 bridgehead atoms. The molecule has 0 aromatic heterocycles. The summed E-state index contributed by atoms with van der Waals surface area (Å²) >= 11 is 0. The zero-order valence-corrected chi connectivity index (χ0v) is 16.5. The molecule has 1 N–H and O–H groups in total. The van der Waals surface area contributed by atoms with E-state index < -0.39 is 0 Å². The molecule has 0 saturated heterocycles. The van der Waals surface area contributed by atoms with Gasteiger partial charge < -0.3 is 5.41 Å². The maximum absolute atomic E-state index is 8.39. The number of hydrogen-bond acceptors (Lipinski definition) is 1. The molecule has 1 unspecified atom stereocenters. The zero-order valence-electron chi connectivity index (χ0n) is 16.5. The smallest absolute Gasteiger partial charge is 0.0312 e. The molecular formula is C27H27N. The Morgan fingerprint density at radius 2 is 1.64 bits per heavy atom. The Kier molecular flexibility index (Phi) is 4.39. The summed E-state index contributed by atoms with van der Waals surface area (Å²) in [4.78, 5) is 0. The first-order valence-electron chi connectivity index (χ1n) is 10.6. The number of nitrogens with one attached hydrogen (secondary N) is 1. The van der Waals surface area contributed by atoms with Gasteiger partial charge >= 0.3 is 0 Å². The molecule has 3 aromatic rings. The lowest BCUT2D eigenvalue weighted by Gasteiger charge is -2.28. The van der Waals surface area contributed by atoms with E-state index in [1.54, 1.807) is 6.21 Å². The Balaban J connectivity index is 1.78. The summed E-state index contributed by atoms with van der Waals surface area (Å²) in [6.07, 6.45) is 10.4. The second kappa shape index (κ2) is 7.05. The summed E-state index contributed by atoms with van der Waals surface area (Å²) in [5, 5.41) is 11.1. The van der Waals surface area contributed by atoms with Crippen molar-refractivity contribution in [2.75, 3.05) is 0 Å². The lowest BCUT2D eigenvalue weighted by molar-refractivity contribution is 0.445. The van der Waals surface area contributed by atoms with Crippen molar-refractivity contribution >= 4 is 23.1 Å². The van der Waals surface area contributed by atoms with E-state index in [2.05, 4.69) is 67.6 Å². The maximum Gasteiger partial charge on any atom is 0.0312 e. The molecule has 0 spiro atoms. The van der Waals surface area contributed by atoms with Gasteiger partial charge in [0.05, 0.1) is 0 Å². The van der Waals surface area contributed by atoms with Crippen LogP contribution < -0.4 is 0 Å². The van der Waals surface area contributed by atoms with E-state index in [1.165, 1.54) is 76.3 Å². The Bertz CT molecular complexity index is 1080. The van der Waals surface area contributed by atoms with Crippen LogP contribution in [0, 0.1) is 5.41 Å². The van der Waals surface area contributed by atoms with Gasteiger partial charge in [-0.1, -0.05) is 79.4 Å². The van der Waals surface area contributed by atoms with Gasteiger partial charge in [-0.2, -0.15) is 0 Å². The summed E-state index contributed by atoms with van der Waals surface area (Å²) in [7, 11) is 0. The van der Waals surface area contributed by atoms with Crippen molar-refractivity contribution in [1.29, 1.82) is 5.41 Å². The third kappa shape index (κ3) is 2.73. The van der Waals surface area contributed by atoms with Gasteiger partial charge in [0, 0.05) is 17.7 Å². The second-order valence-corrected chi connectivity index (χ2v) is 8.44. The molecule has 1 nitrogen and oxygen atoms in total. The fraction of sp³-hybridized carbons (Fsp3) is 0.296. The molecule has 5 rings (SSSR count). The van der Waals surface area contributed by atoms with E-state index in [1.807, 2.05) is 0 Å². The molecule has 1 saturated carbocycles. The van der Waals surface area contributed by atoms with Crippen molar-refractivity contribution in [2.45, 2.75) is 50.9 Å². The average molecular weight is 366 g/mol. The van der Waals surface area contributed by atoms with E-state index in [-0.39, 0.29) is 5.92 Å². The highest BCUT2D eigenvalue weighted by molar-refractivity contribution is 5.97. The third-order valence-electron chi connectivity index (χ3n) is 6.78. The summed E-state index contributed by atoms with van der Waals surface area (Å²) < 4.78 is 0. The van der Waals surface area contributed by atoms with Crippen molar-refractivity contribution in [3.8, 4) is 0 Å². The number of rotatable bonds is 3. The van der Waals surface area contributed by atoms with Crippen LogP contribution in [-0.4, -0.2) is 6.21 Å². The average Bonchev–Trinajstić information content (AvgIpc) is 3.08. The van der Waals surface area contributed by atoms with Crippen LogP contribution >= 0.6 is 0 Å². The van der Waals surface area contributed by atoms with Crippen molar-refractivity contribution in [3.63, 3.8) is 0 Å². The highest BCUT2D eigenvalue weighted by atomic mass is 14.4. The molecule has 1 atom stereocenters. The normalized spacial score (nSPS) is 19.5. The standard InChI is InChI=1S/C27H27N/c1-18-15-20-11-5-7-13-22(20)26(18)24-16-21-12-6-8-14-23(21)27(25(24)17-28)19-9-3-2-4-10-19/h5-8,11-17,19,26,28H,2-4,9-10H2,1H3. The molecule has 0 amide bonds. The minimum Gasteiger partial charge on any atom is -0.308 e. The summed E-state index contributed by atoms with van der Waals surface area (Å²) in [6, 6.07) is 19.9. The molecule has 140 valence electrons. The first kappa shape index (κ1) is 17.4. The second-order valence-electron chi connectivity index (χ2n) is 8.44. The van der Waals surface area contributed by atoms with Gasteiger partial charge in [-0.25, -0.2) is 0 Å². The predicted octanol–water partition coefficient (Wildman–Crippen LogP) is 7.43. The van der Waals surface area contributed by atoms with Crippen LogP contribution in [0.3, 0.4) is 0 Å². The van der Waals surface area contributed by atoms with Crippen molar-refractivity contribution in [3.05, 3.63) is 88.0 Å². The van der Waals surface area contributed by atoms with Crippen LogP contribution in [-0.2, 0) is 0 Å². The van der Waals surface area contributed by atoms with Gasteiger partial charge in [-0.05, 0) is 64.8 Å². The monoisotopic (exact) mass is 365 g/mol. The number of allylic oxidation sites excluding steroid dienone is 1. The van der Waals surface area contributed by atoms with E-state index >= 15 is 0 Å². The number of fused-ring (bicyclic) bond motifs is 2. The highest BCUT2D eigenvalue weighted by Crippen LogP contribution is 2.46. The van der Waals surface area contributed by atoms with Crippen molar-refractivity contribution < 1.29 is 0 Å². The van der Waals surface area contributed by atoms with Crippen molar-refractivity contribution in [1.82, 2.24) is 0 Å². The fourth-order valence-electron chi connectivity index (χ4n) is 5.54. The molecule has 2 aliphatic carbocycles. The van der Waals surface area contributed by atoms with Crippen molar-refractivity contribution in [2.24, 2.45) is 0 Å². The molecule has 1 heteroatoms. The van der Waals surface area contributed by atoms with Crippen LogP contribution in [0.25, 0.3) is 16.8 Å². The van der Waals surface area contributed by atoms with Gasteiger partial charge in [0.1, 0.15) is 0 Å². The first-order valence-corrected chi connectivity index (χ1v) is 10.6. The Morgan fingerprint density at radius 1 is 0.893 bits per heavy atom.